The van der Waals surface area contributed by atoms with E-state index >= 15 is 0 Å². The number of aromatic nitrogens is 2. The van der Waals surface area contributed by atoms with E-state index in [1.165, 1.54) is 0 Å². The Kier molecular flexibility index (Phi) is 6.60. The Hall–Kier alpha value is -3.61. The number of rotatable bonds is 7. The molecule has 2 heterocycles. The maximum Gasteiger partial charge on any atom is 0.322 e. The smallest absolute Gasteiger partial charge is 0.320 e. The van der Waals surface area contributed by atoms with Crippen molar-refractivity contribution in [3.05, 3.63) is 113 Å². The van der Waals surface area contributed by atoms with E-state index in [-0.39, 0.29) is 6.03 Å². The van der Waals surface area contributed by atoms with Crippen molar-refractivity contribution in [2.24, 2.45) is 0 Å². The van der Waals surface area contributed by atoms with Crippen LogP contribution in [0.3, 0.4) is 0 Å². The van der Waals surface area contributed by atoms with Gasteiger partial charge < -0.3 is 10.2 Å². The zero-order valence-electron chi connectivity index (χ0n) is 18.4. The Balaban J connectivity index is 1.34. The molecule has 0 saturated heterocycles. The minimum absolute atomic E-state index is 0.117. The minimum Gasteiger partial charge on any atom is -0.320 e. The van der Waals surface area contributed by atoms with Gasteiger partial charge in [0.1, 0.15) is 0 Å². The van der Waals surface area contributed by atoms with Gasteiger partial charge in [0.2, 0.25) is 0 Å². The number of halogens is 1. The Bertz CT molecular complexity index is 1380. The van der Waals surface area contributed by atoms with Crippen molar-refractivity contribution in [3.63, 3.8) is 0 Å². The number of hydrogen-bond donors (Lipinski definition) is 1. The van der Waals surface area contributed by atoms with Gasteiger partial charge in [-0.15, -0.1) is 11.3 Å². The summed E-state index contributed by atoms with van der Waals surface area (Å²) in [6.07, 6.45) is 2.77. The topological polar surface area (TPSA) is 49.6 Å². The maximum atomic E-state index is 13.1. The quantitative estimate of drug-likeness (QED) is 0.269. The molecule has 0 aliphatic rings. The van der Waals surface area contributed by atoms with Gasteiger partial charge in [0.05, 0.1) is 5.69 Å². The van der Waals surface area contributed by atoms with Crippen LogP contribution in [0.4, 0.5) is 10.5 Å². The third kappa shape index (κ3) is 5.14. The lowest BCUT2D eigenvalue weighted by Crippen LogP contribution is -2.36. The first-order chi connectivity index (χ1) is 16.7. The van der Waals surface area contributed by atoms with Crippen molar-refractivity contribution in [3.8, 4) is 11.3 Å². The second-order valence-corrected chi connectivity index (χ2v) is 9.24. The van der Waals surface area contributed by atoms with Crippen molar-refractivity contribution >= 4 is 39.6 Å². The molecule has 5 aromatic rings. The molecule has 0 aliphatic heterocycles. The predicted molar refractivity (Wildman–Crippen MR) is 140 cm³/mol. The van der Waals surface area contributed by atoms with E-state index in [9.17, 15) is 4.79 Å². The molecule has 3 aromatic carbocycles. The lowest BCUT2D eigenvalue weighted by atomic mass is 10.2. The van der Waals surface area contributed by atoms with E-state index in [0.717, 1.165) is 33.2 Å². The zero-order chi connectivity index (χ0) is 23.3. The van der Waals surface area contributed by atoms with E-state index in [0.29, 0.717) is 24.5 Å². The molecule has 5 nitrogen and oxygen atoms in total. The highest BCUT2D eigenvalue weighted by molar-refractivity contribution is 7.15. The van der Waals surface area contributed by atoms with Crippen LogP contribution in [0.2, 0.25) is 5.02 Å². The van der Waals surface area contributed by atoms with Gasteiger partial charge in [0, 0.05) is 53.1 Å². The number of nitrogens with zero attached hydrogens (tertiary/aromatic N) is 3. The number of fused-ring (bicyclic) bond motifs is 1. The molecule has 0 unspecified atom stereocenters. The molecule has 0 fully saturated rings. The van der Waals surface area contributed by atoms with Crippen molar-refractivity contribution in [2.45, 2.75) is 13.0 Å². The second-order valence-electron chi connectivity index (χ2n) is 7.97. The molecule has 7 heteroatoms. The molecule has 5 rings (SSSR count). The van der Waals surface area contributed by atoms with Crippen molar-refractivity contribution in [1.29, 1.82) is 0 Å². The number of benzene rings is 3. The standard InChI is InChI=1S/C27H23ClN4OS/c28-22-13-11-21(12-14-22)25-18-32-24(19-34-27(32)30-25)15-16-31(17-20-7-3-1-4-8-20)26(33)29-23-9-5-2-6-10-23/h1-14,18-19H,15-17H2,(H,29,33). The third-order valence-electron chi connectivity index (χ3n) is 5.59. The summed E-state index contributed by atoms with van der Waals surface area (Å²) in [5.74, 6) is 0. The largest absolute Gasteiger partial charge is 0.322 e. The number of hydrogen-bond acceptors (Lipinski definition) is 3. The number of carbonyl (C=O) groups excluding carboxylic acids is 1. The Morgan fingerprint density at radius 2 is 1.68 bits per heavy atom. The van der Waals surface area contributed by atoms with Gasteiger partial charge in [0.25, 0.3) is 0 Å². The van der Waals surface area contributed by atoms with Crippen LogP contribution in [0.5, 0.6) is 0 Å². The molecule has 0 spiro atoms. The van der Waals surface area contributed by atoms with E-state index < -0.39 is 0 Å². The number of imidazole rings is 1. The Morgan fingerprint density at radius 1 is 0.971 bits per heavy atom. The summed E-state index contributed by atoms with van der Waals surface area (Å²) in [4.78, 5) is 20.7. The van der Waals surface area contributed by atoms with Crippen LogP contribution in [0, 0.1) is 0 Å². The molecule has 170 valence electrons. The minimum atomic E-state index is -0.117. The van der Waals surface area contributed by atoms with Gasteiger partial charge in [-0.25, -0.2) is 9.78 Å². The van der Waals surface area contributed by atoms with E-state index in [1.807, 2.05) is 89.8 Å². The van der Waals surface area contributed by atoms with Crippen LogP contribution in [0.15, 0.2) is 96.5 Å². The monoisotopic (exact) mass is 486 g/mol. The number of nitrogens with one attached hydrogen (secondary N) is 1. The fourth-order valence-electron chi connectivity index (χ4n) is 3.80. The fraction of sp³-hybridized carbons (Fsp3) is 0.111. The molecule has 34 heavy (non-hydrogen) atoms. The molecular weight excluding hydrogens is 464 g/mol. The SMILES string of the molecule is O=C(Nc1ccccc1)N(CCc1csc2nc(-c3ccc(Cl)cc3)cn12)Cc1ccccc1. The molecule has 2 aromatic heterocycles. The summed E-state index contributed by atoms with van der Waals surface area (Å²) in [7, 11) is 0. The van der Waals surface area contributed by atoms with Crippen LogP contribution >= 0.6 is 22.9 Å². The van der Waals surface area contributed by atoms with Crippen molar-refractivity contribution in [1.82, 2.24) is 14.3 Å². The average Bonchev–Trinajstić information content (AvgIpc) is 3.45. The van der Waals surface area contributed by atoms with Gasteiger partial charge >= 0.3 is 6.03 Å². The number of amides is 2. The van der Waals surface area contributed by atoms with Crippen LogP contribution < -0.4 is 5.32 Å². The first-order valence-electron chi connectivity index (χ1n) is 11.0. The van der Waals surface area contributed by atoms with E-state index in [4.69, 9.17) is 16.6 Å². The summed E-state index contributed by atoms with van der Waals surface area (Å²) >= 11 is 7.63. The number of para-hydroxylation sites is 1. The summed E-state index contributed by atoms with van der Waals surface area (Å²) in [5, 5.41) is 5.84. The van der Waals surface area contributed by atoms with E-state index in [1.54, 1.807) is 11.3 Å². The fourth-order valence-corrected chi connectivity index (χ4v) is 4.83. The van der Waals surface area contributed by atoms with Crippen LogP contribution in [-0.2, 0) is 13.0 Å². The molecular formula is C27H23ClN4OS. The molecule has 0 bridgehead atoms. The summed E-state index contributed by atoms with van der Waals surface area (Å²) in [5.41, 5.74) is 4.93. The lowest BCUT2D eigenvalue weighted by molar-refractivity contribution is 0.209. The second kappa shape index (κ2) is 10.1. The Labute approximate surface area is 207 Å². The molecule has 0 atom stereocenters. The van der Waals surface area contributed by atoms with Gasteiger partial charge in [-0.05, 0) is 29.8 Å². The summed E-state index contributed by atoms with van der Waals surface area (Å²) < 4.78 is 2.12. The number of thiazole rings is 1. The summed E-state index contributed by atoms with van der Waals surface area (Å²) in [6.45, 7) is 1.11. The highest BCUT2D eigenvalue weighted by Gasteiger charge is 2.16. The highest BCUT2D eigenvalue weighted by Crippen LogP contribution is 2.25. The van der Waals surface area contributed by atoms with Gasteiger partial charge in [-0.3, -0.25) is 4.40 Å². The predicted octanol–water partition coefficient (Wildman–Crippen LogP) is 6.99. The number of anilines is 1. The average molecular weight is 487 g/mol. The van der Waals surface area contributed by atoms with Crippen LogP contribution in [0.1, 0.15) is 11.3 Å². The van der Waals surface area contributed by atoms with Gasteiger partial charge in [-0.2, -0.15) is 0 Å². The molecule has 2 amide bonds. The zero-order valence-corrected chi connectivity index (χ0v) is 20.0. The summed E-state index contributed by atoms with van der Waals surface area (Å²) in [6, 6.07) is 27.2. The third-order valence-corrected chi connectivity index (χ3v) is 6.73. The number of carbonyl (C=O) groups is 1. The first kappa shape index (κ1) is 22.2. The van der Waals surface area contributed by atoms with Crippen LogP contribution in [-0.4, -0.2) is 26.9 Å². The normalized spacial score (nSPS) is 11.0. The first-order valence-corrected chi connectivity index (χ1v) is 12.3. The van der Waals surface area contributed by atoms with Gasteiger partial charge in [0.15, 0.2) is 4.96 Å². The molecule has 0 radical (unpaired) electrons. The van der Waals surface area contributed by atoms with Gasteiger partial charge in [-0.1, -0.05) is 72.3 Å². The van der Waals surface area contributed by atoms with E-state index in [2.05, 4.69) is 21.3 Å². The highest BCUT2D eigenvalue weighted by atomic mass is 35.5. The number of urea groups is 1. The Morgan fingerprint density at radius 3 is 2.41 bits per heavy atom. The lowest BCUT2D eigenvalue weighted by Gasteiger charge is -2.23. The molecule has 0 aliphatic carbocycles. The van der Waals surface area contributed by atoms with Crippen LogP contribution in [0.25, 0.3) is 16.2 Å². The maximum absolute atomic E-state index is 13.1. The molecule has 0 saturated carbocycles. The van der Waals surface area contributed by atoms with Crippen molar-refractivity contribution < 1.29 is 4.79 Å². The molecule has 1 N–H and O–H groups in total. The van der Waals surface area contributed by atoms with Crippen molar-refractivity contribution in [2.75, 3.05) is 11.9 Å².